The summed E-state index contributed by atoms with van der Waals surface area (Å²) in [7, 11) is 0. The third-order valence-corrected chi connectivity index (χ3v) is 5.04. The van der Waals surface area contributed by atoms with Crippen LogP contribution in [0.25, 0.3) is 22.4 Å². The summed E-state index contributed by atoms with van der Waals surface area (Å²) in [4.78, 5) is 29.5. The second-order valence-corrected chi connectivity index (χ2v) is 7.52. The minimum absolute atomic E-state index is 0.0309. The summed E-state index contributed by atoms with van der Waals surface area (Å²) in [5.41, 5.74) is 3.41. The van der Waals surface area contributed by atoms with Crippen molar-refractivity contribution < 1.29 is 23.2 Å². The molecule has 32 heavy (non-hydrogen) atoms. The molecule has 2 aromatic carbocycles. The van der Waals surface area contributed by atoms with Gasteiger partial charge in [-0.05, 0) is 38.1 Å². The molecule has 0 radical (unpaired) electrons. The Hall–Kier alpha value is -3.78. The highest BCUT2D eigenvalue weighted by Crippen LogP contribution is 2.28. The number of esters is 1. The molecule has 0 aliphatic heterocycles. The largest absolute Gasteiger partial charge is 0.452 e. The molecule has 0 bridgehead atoms. The Morgan fingerprint density at radius 3 is 2.59 bits per heavy atom. The predicted octanol–water partition coefficient (Wildman–Crippen LogP) is 5.09. The predicted molar refractivity (Wildman–Crippen MR) is 117 cm³/mol. The van der Waals surface area contributed by atoms with Crippen molar-refractivity contribution in [2.75, 3.05) is 11.9 Å². The maximum absolute atomic E-state index is 13.2. The van der Waals surface area contributed by atoms with Gasteiger partial charge < -0.3 is 14.6 Å². The molecule has 0 saturated carbocycles. The molecule has 1 N–H and O–H groups in total. The lowest BCUT2D eigenvalue weighted by Crippen LogP contribution is -2.21. The van der Waals surface area contributed by atoms with Crippen molar-refractivity contribution in [1.82, 2.24) is 10.1 Å². The summed E-state index contributed by atoms with van der Waals surface area (Å²) in [5.74, 6) is -1.90. The van der Waals surface area contributed by atoms with E-state index >= 15 is 0 Å². The number of fused-ring (bicyclic) bond motifs is 1. The summed E-state index contributed by atoms with van der Waals surface area (Å²) >= 11 is 5.90. The number of carbonyl (C=O) groups is 2. The number of aromatic nitrogens is 2. The SMILES string of the molecule is Cc1ccc(-c2cc(C(=O)OCC(=O)Nc3ccc(F)cc3Cl)c3c(C)noc3n2)cc1. The molecule has 0 atom stereocenters. The van der Waals surface area contributed by atoms with Gasteiger partial charge in [-0.25, -0.2) is 14.2 Å². The van der Waals surface area contributed by atoms with Crippen LogP contribution in [0.4, 0.5) is 10.1 Å². The van der Waals surface area contributed by atoms with Gasteiger partial charge in [-0.3, -0.25) is 4.79 Å². The van der Waals surface area contributed by atoms with E-state index in [1.54, 1.807) is 13.0 Å². The first-order valence-corrected chi connectivity index (χ1v) is 9.95. The molecule has 4 aromatic rings. The molecule has 0 aliphatic carbocycles. The molecule has 0 aliphatic rings. The van der Waals surface area contributed by atoms with E-state index in [0.29, 0.717) is 16.8 Å². The van der Waals surface area contributed by atoms with Gasteiger partial charge >= 0.3 is 5.97 Å². The van der Waals surface area contributed by atoms with Gasteiger partial charge in [0.25, 0.3) is 11.6 Å². The van der Waals surface area contributed by atoms with Gasteiger partial charge in [0.05, 0.1) is 33.0 Å². The molecule has 0 saturated heterocycles. The Morgan fingerprint density at radius 2 is 1.88 bits per heavy atom. The zero-order valence-corrected chi connectivity index (χ0v) is 17.9. The first kappa shape index (κ1) is 21.5. The Morgan fingerprint density at radius 1 is 1.12 bits per heavy atom. The lowest BCUT2D eigenvalue weighted by molar-refractivity contribution is -0.119. The molecule has 0 unspecified atom stereocenters. The van der Waals surface area contributed by atoms with Crippen LogP contribution in [0.3, 0.4) is 0 Å². The number of pyridine rings is 1. The number of hydrogen-bond acceptors (Lipinski definition) is 6. The Kier molecular flexibility index (Phi) is 5.87. The van der Waals surface area contributed by atoms with E-state index in [4.69, 9.17) is 20.9 Å². The number of benzene rings is 2. The summed E-state index contributed by atoms with van der Waals surface area (Å²) in [6.45, 7) is 3.08. The fourth-order valence-corrected chi connectivity index (χ4v) is 3.33. The topological polar surface area (TPSA) is 94.3 Å². The summed E-state index contributed by atoms with van der Waals surface area (Å²) in [6.07, 6.45) is 0. The molecule has 9 heteroatoms. The van der Waals surface area contributed by atoms with Gasteiger partial charge in [-0.15, -0.1) is 0 Å². The van der Waals surface area contributed by atoms with E-state index in [1.807, 2.05) is 31.2 Å². The number of anilines is 1. The zero-order valence-electron chi connectivity index (χ0n) is 17.1. The van der Waals surface area contributed by atoms with E-state index < -0.39 is 24.3 Å². The van der Waals surface area contributed by atoms with E-state index in [9.17, 15) is 14.0 Å². The van der Waals surface area contributed by atoms with E-state index in [2.05, 4.69) is 15.5 Å². The average Bonchev–Trinajstić information content (AvgIpc) is 3.14. The van der Waals surface area contributed by atoms with E-state index in [0.717, 1.165) is 23.3 Å². The molecule has 7 nitrogen and oxygen atoms in total. The quantitative estimate of drug-likeness (QED) is 0.423. The van der Waals surface area contributed by atoms with E-state index in [1.165, 1.54) is 6.07 Å². The zero-order chi connectivity index (χ0) is 22.8. The highest BCUT2D eigenvalue weighted by atomic mass is 35.5. The average molecular weight is 454 g/mol. The normalized spacial score (nSPS) is 10.9. The maximum Gasteiger partial charge on any atom is 0.339 e. The second-order valence-electron chi connectivity index (χ2n) is 7.12. The smallest absolute Gasteiger partial charge is 0.339 e. The monoisotopic (exact) mass is 453 g/mol. The molecule has 2 heterocycles. The van der Waals surface area contributed by atoms with Crippen molar-refractivity contribution in [2.24, 2.45) is 0 Å². The van der Waals surface area contributed by atoms with Gasteiger partial charge in [0, 0.05) is 5.56 Å². The Labute approximate surface area is 187 Å². The van der Waals surface area contributed by atoms with Gasteiger partial charge in [0.2, 0.25) is 0 Å². The lowest BCUT2D eigenvalue weighted by atomic mass is 10.0. The third kappa shape index (κ3) is 4.45. The van der Waals surface area contributed by atoms with Crippen molar-refractivity contribution in [3.63, 3.8) is 0 Å². The molecule has 2 aromatic heterocycles. The maximum atomic E-state index is 13.2. The number of amides is 1. The van der Waals surface area contributed by atoms with Crippen LogP contribution in [0.2, 0.25) is 5.02 Å². The number of carbonyl (C=O) groups excluding carboxylic acids is 2. The van der Waals surface area contributed by atoms with Crippen molar-refractivity contribution in [2.45, 2.75) is 13.8 Å². The summed E-state index contributed by atoms with van der Waals surface area (Å²) < 4.78 is 23.6. The van der Waals surface area contributed by atoms with Crippen molar-refractivity contribution >= 4 is 40.3 Å². The number of aryl methyl sites for hydroxylation is 2. The molecule has 1 amide bonds. The number of nitrogens with one attached hydrogen (secondary N) is 1. The lowest BCUT2D eigenvalue weighted by Gasteiger charge is -2.09. The first-order chi connectivity index (χ1) is 15.3. The number of nitrogens with zero attached hydrogens (tertiary/aromatic N) is 2. The Balaban J connectivity index is 1.56. The van der Waals surface area contributed by atoms with E-state index in [-0.39, 0.29) is 22.0 Å². The molecule has 0 spiro atoms. The molecule has 162 valence electrons. The highest BCUT2D eigenvalue weighted by molar-refractivity contribution is 6.33. The summed E-state index contributed by atoms with van der Waals surface area (Å²) in [6, 6.07) is 12.7. The first-order valence-electron chi connectivity index (χ1n) is 9.58. The van der Waals surface area contributed by atoms with Crippen molar-refractivity contribution in [3.05, 3.63) is 76.2 Å². The molecule has 0 fully saturated rings. The number of hydrogen-bond donors (Lipinski definition) is 1. The molecular formula is C23H17ClFN3O4. The number of ether oxygens (including phenoxy) is 1. The minimum Gasteiger partial charge on any atom is -0.452 e. The van der Waals surface area contributed by atoms with Crippen LogP contribution in [0.1, 0.15) is 21.6 Å². The fourth-order valence-electron chi connectivity index (χ4n) is 3.11. The fraction of sp³-hybridized carbons (Fsp3) is 0.130. The number of rotatable bonds is 5. The van der Waals surface area contributed by atoms with Crippen LogP contribution in [0.15, 0.2) is 53.1 Å². The Bertz CT molecular complexity index is 1340. The molecule has 4 rings (SSSR count). The van der Waals surface area contributed by atoms with Gasteiger partial charge in [-0.1, -0.05) is 46.6 Å². The standard InChI is InChI=1S/C23H17ClFN3O4/c1-12-3-5-14(6-4-12)19-10-16(21-13(2)28-32-22(21)27-19)23(30)31-11-20(29)26-18-8-7-15(25)9-17(18)24/h3-10H,11H2,1-2H3,(H,26,29). The minimum atomic E-state index is -0.739. The van der Waals surface area contributed by atoms with Crippen LogP contribution in [0.5, 0.6) is 0 Å². The van der Waals surface area contributed by atoms with Gasteiger partial charge in [0.15, 0.2) is 6.61 Å². The third-order valence-electron chi connectivity index (χ3n) is 4.72. The summed E-state index contributed by atoms with van der Waals surface area (Å²) in [5, 5.41) is 6.80. The van der Waals surface area contributed by atoms with Crippen molar-refractivity contribution in [3.8, 4) is 11.3 Å². The van der Waals surface area contributed by atoms with Crippen LogP contribution >= 0.6 is 11.6 Å². The highest BCUT2D eigenvalue weighted by Gasteiger charge is 2.21. The van der Waals surface area contributed by atoms with Crippen molar-refractivity contribution in [1.29, 1.82) is 0 Å². The number of halogens is 2. The van der Waals surface area contributed by atoms with Crippen LogP contribution < -0.4 is 5.32 Å². The second kappa shape index (κ2) is 8.76. The molecular weight excluding hydrogens is 437 g/mol. The van der Waals surface area contributed by atoms with Gasteiger partial charge in [0.1, 0.15) is 5.82 Å². The van der Waals surface area contributed by atoms with Crippen LogP contribution in [-0.2, 0) is 9.53 Å². The van der Waals surface area contributed by atoms with Crippen LogP contribution in [0, 0.1) is 19.7 Å². The van der Waals surface area contributed by atoms with Gasteiger partial charge in [-0.2, -0.15) is 0 Å². The van der Waals surface area contributed by atoms with Crippen LogP contribution in [-0.4, -0.2) is 28.6 Å².